The first-order valence-electron chi connectivity index (χ1n) is 6.19. The van der Waals surface area contributed by atoms with Gasteiger partial charge in [0.2, 0.25) is 0 Å². The molecule has 17 heavy (non-hydrogen) atoms. The van der Waals surface area contributed by atoms with Gasteiger partial charge in [-0.2, -0.15) is 0 Å². The van der Waals surface area contributed by atoms with Gasteiger partial charge in [-0.25, -0.2) is 0 Å². The maximum absolute atomic E-state index is 5.89. The smallest absolute Gasteiger partial charge is 0.123 e. The van der Waals surface area contributed by atoms with Crippen LogP contribution in [0, 0.1) is 0 Å². The zero-order chi connectivity index (χ0) is 12.3. The average Bonchev–Trinajstić information content (AvgIpc) is 2.67. The minimum atomic E-state index is 0.00140. The summed E-state index contributed by atoms with van der Waals surface area (Å²) in [6.45, 7) is 5.37. The van der Waals surface area contributed by atoms with Gasteiger partial charge in [0, 0.05) is 12.1 Å². The summed E-state index contributed by atoms with van der Waals surface area (Å²) in [5.41, 5.74) is 6.71. The van der Waals surface area contributed by atoms with E-state index in [4.69, 9.17) is 15.2 Å². The lowest BCUT2D eigenvalue weighted by molar-refractivity contribution is -0.0327. The van der Waals surface area contributed by atoms with Gasteiger partial charge in [0.15, 0.2) is 0 Å². The molecule has 0 aromatic heterocycles. The first-order valence-corrected chi connectivity index (χ1v) is 6.19. The van der Waals surface area contributed by atoms with Gasteiger partial charge >= 0.3 is 0 Å². The second-order valence-electron chi connectivity index (χ2n) is 5.16. The van der Waals surface area contributed by atoms with Crippen molar-refractivity contribution in [2.45, 2.75) is 44.9 Å². The molecule has 1 heterocycles. The minimum absolute atomic E-state index is 0.00140. The van der Waals surface area contributed by atoms with Crippen LogP contribution in [0.25, 0.3) is 0 Å². The molecule has 0 aliphatic carbocycles. The highest BCUT2D eigenvalue weighted by Crippen LogP contribution is 2.30. The summed E-state index contributed by atoms with van der Waals surface area (Å²) in [5, 5.41) is 0. The number of nitrogens with two attached hydrogens (primary N) is 1. The van der Waals surface area contributed by atoms with E-state index in [0.29, 0.717) is 13.2 Å². The number of benzene rings is 1. The predicted octanol–water partition coefficient (Wildman–Crippen LogP) is 2.48. The van der Waals surface area contributed by atoms with Crippen LogP contribution in [-0.2, 0) is 11.3 Å². The summed E-state index contributed by atoms with van der Waals surface area (Å²) in [6.07, 6.45) is 2.37. The molecule has 0 amide bonds. The Morgan fingerprint density at radius 2 is 2.18 bits per heavy atom. The van der Waals surface area contributed by atoms with Crippen molar-refractivity contribution in [3.05, 3.63) is 29.8 Å². The van der Waals surface area contributed by atoms with E-state index >= 15 is 0 Å². The summed E-state index contributed by atoms with van der Waals surface area (Å²) in [5.74, 6) is 0.878. The van der Waals surface area contributed by atoms with Gasteiger partial charge in [-0.1, -0.05) is 18.2 Å². The number of hydrogen-bond acceptors (Lipinski definition) is 3. The molecule has 1 unspecified atom stereocenters. The first kappa shape index (κ1) is 12.4. The molecule has 0 radical (unpaired) electrons. The lowest BCUT2D eigenvalue weighted by Crippen LogP contribution is -2.24. The molecule has 0 saturated carbocycles. The van der Waals surface area contributed by atoms with Gasteiger partial charge in [-0.3, -0.25) is 0 Å². The monoisotopic (exact) mass is 235 g/mol. The van der Waals surface area contributed by atoms with E-state index in [9.17, 15) is 0 Å². The molecule has 3 heteroatoms. The SMILES string of the molecule is CC1(C)CCC(COc2ccccc2CN)O1. The molecule has 1 saturated heterocycles. The third kappa shape index (κ3) is 3.20. The van der Waals surface area contributed by atoms with Crippen molar-refractivity contribution in [3.8, 4) is 5.75 Å². The van der Waals surface area contributed by atoms with Gasteiger partial charge in [0.05, 0.1) is 11.7 Å². The summed E-state index contributed by atoms with van der Waals surface area (Å²) in [6, 6.07) is 7.90. The normalized spacial score (nSPS) is 22.6. The summed E-state index contributed by atoms with van der Waals surface area (Å²) < 4.78 is 11.7. The van der Waals surface area contributed by atoms with Crippen LogP contribution in [0.1, 0.15) is 32.3 Å². The molecule has 1 fully saturated rings. The fourth-order valence-corrected chi connectivity index (χ4v) is 2.19. The van der Waals surface area contributed by atoms with Gasteiger partial charge in [0.1, 0.15) is 12.4 Å². The number of hydrogen-bond donors (Lipinski definition) is 1. The summed E-state index contributed by atoms with van der Waals surface area (Å²) in [7, 11) is 0. The molecule has 0 bridgehead atoms. The van der Waals surface area contributed by atoms with E-state index in [2.05, 4.69) is 13.8 Å². The van der Waals surface area contributed by atoms with Crippen LogP contribution in [0.5, 0.6) is 5.75 Å². The molecule has 2 N–H and O–H groups in total. The molecule has 1 aromatic rings. The summed E-state index contributed by atoms with van der Waals surface area (Å²) >= 11 is 0. The molecule has 1 atom stereocenters. The average molecular weight is 235 g/mol. The molecule has 2 rings (SSSR count). The van der Waals surface area contributed by atoms with Crippen molar-refractivity contribution in [1.82, 2.24) is 0 Å². The maximum atomic E-state index is 5.89. The van der Waals surface area contributed by atoms with Crippen molar-refractivity contribution in [1.29, 1.82) is 0 Å². The molecule has 94 valence electrons. The highest BCUT2D eigenvalue weighted by Gasteiger charge is 2.31. The quantitative estimate of drug-likeness (QED) is 0.872. The lowest BCUT2D eigenvalue weighted by atomic mass is 10.1. The molecular formula is C14H21NO2. The maximum Gasteiger partial charge on any atom is 0.123 e. The first-order chi connectivity index (χ1) is 8.11. The standard InChI is InChI=1S/C14H21NO2/c1-14(2)8-7-12(17-14)10-16-13-6-4-3-5-11(13)9-15/h3-6,12H,7-10,15H2,1-2H3. The zero-order valence-corrected chi connectivity index (χ0v) is 10.6. The minimum Gasteiger partial charge on any atom is -0.491 e. The van der Waals surface area contributed by atoms with Crippen LogP contribution in [-0.4, -0.2) is 18.3 Å². The Balaban J connectivity index is 1.90. The van der Waals surface area contributed by atoms with Crippen molar-refractivity contribution in [3.63, 3.8) is 0 Å². The summed E-state index contributed by atoms with van der Waals surface area (Å²) in [4.78, 5) is 0. The predicted molar refractivity (Wildman–Crippen MR) is 68.0 cm³/mol. The third-order valence-corrected chi connectivity index (χ3v) is 3.17. The lowest BCUT2D eigenvalue weighted by Gasteiger charge is -2.20. The number of para-hydroxylation sites is 1. The van der Waals surface area contributed by atoms with Crippen LogP contribution in [0.15, 0.2) is 24.3 Å². The van der Waals surface area contributed by atoms with E-state index in [1.807, 2.05) is 24.3 Å². The van der Waals surface area contributed by atoms with E-state index in [1.54, 1.807) is 0 Å². The van der Waals surface area contributed by atoms with Crippen LogP contribution in [0.4, 0.5) is 0 Å². The van der Waals surface area contributed by atoms with Crippen LogP contribution < -0.4 is 10.5 Å². The van der Waals surface area contributed by atoms with Crippen LogP contribution in [0.3, 0.4) is 0 Å². The Bertz CT molecular complexity index is 376. The Morgan fingerprint density at radius 1 is 1.41 bits per heavy atom. The van der Waals surface area contributed by atoms with Crippen molar-refractivity contribution in [2.24, 2.45) is 5.73 Å². The van der Waals surface area contributed by atoms with Crippen molar-refractivity contribution < 1.29 is 9.47 Å². The highest BCUT2D eigenvalue weighted by atomic mass is 16.6. The fourth-order valence-electron chi connectivity index (χ4n) is 2.19. The molecule has 3 nitrogen and oxygen atoms in total. The molecule has 1 aliphatic rings. The third-order valence-electron chi connectivity index (χ3n) is 3.17. The Morgan fingerprint density at radius 3 is 2.82 bits per heavy atom. The Labute approximate surface area is 103 Å². The fraction of sp³-hybridized carbons (Fsp3) is 0.571. The molecule has 1 aliphatic heterocycles. The molecule has 0 spiro atoms. The van der Waals surface area contributed by atoms with Gasteiger partial charge < -0.3 is 15.2 Å². The number of ether oxygens (including phenoxy) is 2. The number of rotatable bonds is 4. The topological polar surface area (TPSA) is 44.5 Å². The van der Waals surface area contributed by atoms with Crippen molar-refractivity contribution in [2.75, 3.05) is 6.61 Å². The van der Waals surface area contributed by atoms with E-state index in [1.165, 1.54) is 0 Å². The van der Waals surface area contributed by atoms with Crippen molar-refractivity contribution >= 4 is 0 Å². The largest absolute Gasteiger partial charge is 0.491 e. The Hall–Kier alpha value is -1.06. The van der Waals surface area contributed by atoms with Crippen LogP contribution in [0.2, 0.25) is 0 Å². The second-order valence-corrected chi connectivity index (χ2v) is 5.16. The second kappa shape index (κ2) is 5.07. The van der Waals surface area contributed by atoms with Crippen LogP contribution >= 0.6 is 0 Å². The molecule has 1 aromatic carbocycles. The van der Waals surface area contributed by atoms with E-state index < -0.39 is 0 Å². The van der Waals surface area contributed by atoms with Gasteiger partial charge in [-0.15, -0.1) is 0 Å². The molecular weight excluding hydrogens is 214 g/mol. The highest BCUT2D eigenvalue weighted by molar-refractivity contribution is 5.33. The zero-order valence-electron chi connectivity index (χ0n) is 10.6. The van der Waals surface area contributed by atoms with Gasteiger partial charge in [-0.05, 0) is 32.8 Å². The van der Waals surface area contributed by atoms with E-state index in [0.717, 1.165) is 24.2 Å². The van der Waals surface area contributed by atoms with Gasteiger partial charge in [0.25, 0.3) is 0 Å². The Kier molecular flexibility index (Phi) is 3.69. The van der Waals surface area contributed by atoms with E-state index in [-0.39, 0.29) is 11.7 Å².